The lowest BCUT2D eigenvalue weighted by Gasteiger charge is -2.69. The number of aliphatic hydroxyl groups excluding tert-OH is 1. The van der Waals surface area contributed by atoms with E-state index in [1.54, 1.807) is 28.4 Å². The molecule has 188 valence electrons. The molecule has 7 bridgehead atoms. The molecule has 8 nitrogen and oxygen atoms in total. The van der Waals surface area contributed by atoms with E-state index >= 15 is 0 Å². The highest BCUT2D eigenvalue weighted by molar-refractivity contribution is 5.36. The molecule has 13 atom stereocenters. The third-order valence-electron chi connectivity index (χ3n) is 11.6. The fourth-order valence-corrected chi connectivity index (χ4v) is 11.6. The number of quaternary nitrogens is 1. The third-order valence-corrected chi connectivity index (χ3v) is 11.6. The summed E-state index contributed by atoms with van der Waals surface area (Å²) in [5.41, 5.74) is -2.98. The molecule has 5 aliphatic carbocycles. The van der Waals surface area contributed by atoms with E-state index in [4.69, 9.17) is 18.9 Å². The number of hydrogen-bond donors (Lipinski definition) is 3. The summed E-state index contributed by atoms with van der Waals surface area (Å²) in [7, 11) is 11.5. The number of aliphatic hydroxyl groups is 3. The molecule has 6 rings (SSSR count). The van der Waals surface area contributed by atoms with Crippen molar-refractivity contribution in [3.63, 3.8) is 0 Å². The van der Waals surface area contributed by atoms with E-state index in [1.165, 1.54) is 0 Å². The topological polar surface area (TPSA) is 97.6 Å². The van der Waals surface area contributed by atoms with Crippen molar-refractivity contribution in [1.82, 2.24) is 0 Å². The van der Waals surface area contributed by atoms with Crippen LogP contribution in [0.2, 0.25) is 0 Å². The molecule has 0 aromatic rings. The van der Waals surface area contributed by atoms with E-state index in [-0.39, 0.29) is 46.8 Å². The van der Waals surface area contributed by atoms with Gasteiger partial charge in [0.25, 0.3) is 0 Å². The number of rotatable bonds is 5. The van der Waals surface area contributed by atoms with Crippen LogP contribution in [0.4, 0.5) is 0 Å². The van der Waals surface area contributed by atoms with Crippen molar-refractivity contribution < 1.29 is 38.8 Å². The molecule has 3 N–H and O–H groups in total. The minimum Gasteiger partial charge on any atom is -0.390 e. The lowest BCUT2D eigenvalue weighted by atomic mass is 9.42. The van der Waals surface area contributed by atoms with Gasteiger partial charge >= 0.3 is 0 Å². The first kappa shape index (κ1) is 23.1. The molecule has 33 heavy (non-hydrogen) atoms. The van der Waals surface area contributed by atoms with Gasteiger partial charge in [-0.15, -0.1) is 0 Å². The average molecular weight is 469 g/mol. The van der Waals surface area contributed by atoms with Crippen LogP contribution in [0.1, 0.15) is 25.7 Å². The normalized spacial score (nSPS) is 61.9. The van der Waals surface area contributed by atoms with E-state index in [9.17, 15) is 15.3 Å². The molecule has 1 unspecified atom stereocenters. The van der Waals surface area contributed by atoms with Gasteiger partial charge in [-0.2, -0.15) is 0 Å². The second-order valence-electron chi connectivity index (χ2n) is 12.8. The number of fused-ring (bicyclic) bond motifs is 2. The highest BCUT2D eigenvalue weighted by Gasteiger charge is 2.90. The highest BCUT2D eigenvalue weighted by Crippen LogP contribution is 2.80. The summed E-state index contributed by atoms with van der Waals surface area (Å²) in [4.78, 5) is 0. The zero-order chi connectivity index (χ0) is 23.8. The SMILES string of the molecule is COC[C@@]12CC[C@H](OC)[C@]34C([C@H]([C@H](OC)[C@H]13)[C@@]1(O)C[C@H](OC)[C@@]3(O)C[C@@H]4[C@@H]1[C@H]3O)[N+](C)(C)C2. The predicted octanol–water partition coefficient (Wildman–Crippen LogP) is 0.0255. The second-order valence-corrected chi connectivity index (χ2v) is 12.8. The summed E-state index contributed by atoms with van der Waals surface area (Å²) < 4.78 is 25.1. The maximum atomic E-state index is 12.6. The van der Waals surface area contributed by atoms with Crippen LogP contribution in [-0.4, -0.2) is 117 Å². The zero-order valence-electron chi connectivity index (χ0n) is 20.9. The maximum absolute atomic E-state index is 12.6. The molecule has 0 amide bonds. The molecule has 1 heterocycles. The fraction of sp³-hybridized carbons (Fsp3) is 1.00. The average Bonchev–Trinajstić information content (AvgIpc) is 3.15. The largest absolute Gasteiger partial charge is 0.390 e. The van der Waals surface area contributed by atoms with Crippen LogP contribution < -0.4 is 0 Å². The number of likely N-dealkylation sites (tertiary alicyclic amines) is 1. The summed E-state index contributed by atoms with van der Waals surface area (Å²) in [5, 5.41) is 36.0. The molecule has 0 aromatic carbocycles. The van der Waals surface area contributed by atoms with Crippen molar-refractivity contribution in [3.05, 3.63) is 0 Å². The molecule has 6 fully saturated rings. The minimum absolute atomic E-state index is 0.0245. The summed E-state index contributed by atoms with van der Waals surface area (Å²) in [5.74, 6) is -0.571. The quantitative estimate of drug-likeness (QED) is 0.490. The van der Waals surface area contributed by atoms with E-state index in [2.05, 4.69) is 14.1 Å². The molecule has 8 heteroatoms. The van der Waals surface area contributed by atoms with Crippen molar-refractivity contribution >= 4 is 0 Å². The van der Waals surface area contributed by atoms with Gasteiger partial charge in [0.15, 0.2) is 0 Å². The summed E-state index contributed by atoms with van der Waals surface area (Å²) in [6, 6.07) is 0.0964. The molecular formula is C25H42NO7+. The first-order valence-corrected chi connectivity index (χ1v) is 12.6. The fourth-order valence-electron chi connectivity index (χ4n) is 11.6. The Labute approximate surface area is 196 Å². The molecule has 1 saturated heterocycles. The van der Waals surface area contributed by atoms with E-state index in [1.807, 2.05) is 0 Å². The van der Waals surface area contributed by atoms with E-state index in [0.717, 1.165) is 23.9 Å². The zero-order valence-corrected chi connectivity index (χ0v) is 20.9. The summed E-state index contributed by atoms with van der Waals surface area (Å²) >= 11 is 0. The van der Waals surface area contributed by atoms with Gasteiger partial charge in [0.05, 0.1) is 68.6 Å². The van der Waals surface area contributed by atoms with Crippen molar-refractivity contribution in [2.75, 3.05) is 55.7 Å². The molecule has 5 saturated carbocycles. The van der Waals surface area contributed by atoms with Gasteiger partial charge in [-0.25, -0.2) is 0 Å². The Hall–Kier alpha value is -0.320. The summed E-state index contributed by atoms with van der Waals surface area (Å²) in [6.07, 6.45) is 0.786. The molecule has 0 aromatic heterocycles. The minimum atomic E-state index is -1.36. The summed E-state index contributed by atoms with van der Waals surface area (Å²) in [6.45, 7) is 1.60. The van der Waals surface area contributed by atoms with Gasteiger partial charge in [0, 0.05) is 52.1 Å². The van der Waals surface area contributed by atoms with Gasteiger partial charge in [-0.05, 0) is 25.2 Å². The Morgan fingerprint density at radius 1 is 0.909 bits per heavy atom. The number of ether oxygens (including phenoxy) is 4. The molecule has 1 spiro atoms. The number of methoxy groups -OCH3 is 4. The second kappa shape index (κ2) is 6.71. The standard InChI is InChI=1S/C25H42NO7/c1-26(2)11-22(12-30-3)8-7-14(31-4)25-13-9-23(28)15(32-5)10-24(29,16(13)21(23)27)17(20(25)26)18(33-6)19(22)25/h13-21,27-29H,7-12H2,1-6H3/q+1/t13-,14+,15+,16-,17+,18+,19-,20?,21-,22+,23+,24-,25+/m1/s1. The molecular weight excluding hydrogens is 426 g/mol. The number of nitrogens with zero attached hydrogens (tertiary/aromatic N) is 1. The number of hydrogen-bond acceptors (Lipinski definition) is 7. The van der Waals surface area contributed by atoms with Gasteiger partial charge in [-0.1, -0.05) is 0 Å². The Bertz CT molecular complexity index is 840. The van der Waals surface area contributed by atoms with Crippen LogP contribution in [0.25, 0.3) is 0 Å². The Morgan fingerprint density at radius 2 is 1.61 bits per heavy atom. The molecule has 6 aliphatic rings. The smallest absolute Gasteiger partial charge is 0.117 e. The Morgan fingerprint density at radius 3 is 2.21 bits per heavy atom. The van der Waals surface area contributed by atoms with Crippen molar-refractivity contribution in [2.45, 2.75) is 67.3 Å². The van der Waals surface area contributed by atoms with Gasteiger partial charge < -0.3 is 38.8 Å². The number of piperidine rings is 1. The van der Waals surface area contributed by atoms with Crippen LogP contribution in [0, 0.1) is 34.5 Å². The monoisotopic (exact) mass is 468 g/mol. The van der Waals surface area contributed by atoms with E-state index in [0.29, 0.717) is 19.4 Å². The predicted molar refractivity (Wildman–Crippen MR) is 118 cm³/mol. The van der Waals surface area contributed by atoms with Gasteiger partial charge in [0.1, 0.15) is 11.6 Å². The van der Waals surface area contributed by atoms with Crippen LogP contribution >= 0.6 is 0 Å². The van der Waals surface area contributed by atoms with Crippen molar-refractivity contribution in [1.29, 1.82) is 0 Å². The van der Waals surface area contributed by atoms with Crippen molar-refractivity contribution in [3.8, 4) is 0 Å². The highest BCUT2D eigenvalue weighted by atomic mass is 16.5. The molecule has 1 aliphatic heterocycles. The Balaban J connectivity index is 1.67. The van der Waals surface area contributed by atoms with Crippen molar-refractivity contribution in [2.24, 2.45) is 34.5 Å². The lowest BCUT2D eigenvalue weighted by Crippen LogP contribution is -2.80. The van der Waals surface area contributed by atoms with Crippen LogP contribution in [0.3, 0.4) is 0 Å². The first-order chi connectivity index (χ1) is 15.5. The van der Waals surface area contributed by atoms with Gasteiger partial charge in [-0.3, -0.25) is 0 Å². The van der Waals surface area contributed by atoms with Crippen LogP contribution in [0.15, 0.2) is 0 Å². The third kappa shape index (κ3) is 2.24. The Kier molecular flexibility index (Phi) is 4.69. The lowest BCUT2D eigenvalue weighted by molar-refractivity contribution is -0.943. The first-order valence-electron chi connectivity index (χ1n) is 12.6. The van der Waals surface area contributed by atoms with Crippen LogP contribution in [0.5, 0.6) is 0 Å². The van der Waals surface area contributed by atoms with E-state index < -0.39 is 29.3 Å². The van der Waals surface area contributed by atoms with Crippen LogP contribution in [-0.2, 0) is 18.9 Å². The van der Waals surface area contributed by atoms with Gasteiger partial charge in [0.2, 0.25) is 0 Å². The molecule has 0 radical (unpaired) electrons. The maximum Gasteiger partial charge on any atom is 0.117 e.